The largest absolute Gasteiger partial charge is 0.493 e. The number of nitro benzene ring substituents is 1. The van der Waals surface area contributed by atoms with E-state index in [9.17, 15) is 30.4 Å². The number of aryl methyl sites for hydroxylation is 1. The smallest absolute Gasteiger partial charge is 0.281 e. The number of hydrogen-bond donors (Lipinski definition) is 2. The number of non-ortho nitro benzene ring substituents is 1. The third-order valence-electron chi connectivity index (χ3n) is 3.88. The second-order valence-corrected chi connectivity index (χ2v) is 5.98. The first kappa shape index (κ1) is 19.7. The Balaban J connectivity index is 2.65. The van der Waals surface area contributed by atoms with Gasteiger partial charge in [-0.3, -0.25) is 19.5 Å². The fourth-order valence-electron chi connectivity index (χ4n) is 2.41. The highest BCUT2D eigenvalue weighted by molar-refractivity contribution is 5.57. The highest BCUT2D eigenvalue weighted by Crippen LogP contribution is 2.29. The number of hydrogen-bond acceptors (Lipinski definition) is 8. The maximum Gasteiger partial charge on any atom is 0.281 e. The van der Waals surface area contributed by atoms with Crippen LogP contribution in [0.1, 0.15) is 23.6 Å². The molecule has 10 nitrogen and oxygen atoms in total. The molecule has 1 aromatic heterocycles. The van der Waals surface area contributed by atoms with Gasteiger partial charge in [0.15, 0.2) is 5.69 Å². The summed E-state index contributed by atoms with van der Waals surface area (Å²) in [5, 5.41) is 47.6. The number of aliphatic hydroxyl groups is 1. The summed E-state index contributed by atoms with van der Waals surface area (Å²) in [5.74, 6) is -0.564. The van der Waals surface area contributed by atoms with E-state index < -0.39 is 22.5 Å². The molecule has 140 valence electrons. The minimum atomic E-state index is -0.952. The molecular formula is C17H17N5O5. The van der Waals surface area contributed by atoms with Gasteiger partial charge in [-0.15, -0.1) is 10.2 Å². The van der Waals surface area contributed by atoms with Crippen LogP contribution in [0.15, 0.2) is 33.2 Å². The molecule has 2 rings (SSSR count). The molecule has 0 radical (unpaired) electrons. The van der Waals surface area contributed by atoms with Crippen LogP contribution in [0.5, 0.6) is 5.88 Å². The molecule has 2 N–H and O–H groups in total. The van der Waals surface area contributed by atoms with Crippen LogP contribution in [0.2, 0.25) is 0 Å². The van der Waals surface area contributed by atoms with Crippen molar-refractivity contribution in [3.05, 3.63) is 55.4 Å². The number of nitro groups is 1. The van der Waals surface area contributed by atoms with Gasteiger partial charge >= 0.3 is 0 Å². The number of aromatic hydroxyl groups is 1. The van der Waals surface area contributed by atoms with Crippen LogP contribution in [0.25, 0.3) is 0 Å². The number of rotatable bonds is 5. The van der Waals surface area contributed by atoms with Gasteiger partial charge in [0.1, 0.15) is 11.6 Å². The van der Waals surface area contributed by atoms with Crippen molar-refractivity contribution in [1.29, 1.82) is 5.26 Å². The minimum absolute atomic E-state index is 0.119. The van der Waals surface area contributed by atoms with E-state index in [1.165, 1.54) is 32.0 Å². The van der Waals surface area contributed by atoms with Gasteiger partial charge in [-0.1, -0.05) is 6.07 Å². The number of aromatic nitrogens is 1. The monoisotopic (exact) mass is 371 g/mol. The van der Waals surface area contributed by atoms with Gasteiger partial charge in [-0.2, -0.15) is 5.26 Å². The van der Waals surface area contributed by atoms with Gasteiger partial charge in [0.2, 0.25) is 5.88 Å². The Kier molecular flexibility index (Phi) is 5.67. The SMILES string of the molecule is Cc1ccc([N+](=O)[O-])cc1N=Nc1c(C)c(C#N)c(O)n(CC(C)O)c1=O. The van der Waals surface area contributed by atoms with Crippen molar-refractivity contribution in [3.63, 3.8) is 0 Å². The predicted molar refractivity (Wildman–Crippen MR) is 95.5 cm³/mol. The molecule has 0 aliphatic carbocycles. The van der Waals surface area contributed by atoms with Gasteiger partial charge in [0.05, 0.1) is 23.3 Å². The molecule has 1 heterocycles. The number of azo groups is 1. The fraction of sp³-hybridized carbons (Fsp3) is 0.294. The Hall–Kier alpha value is -3.58. The van der Waals surface area contributed by atoms with Crippen LogP contribution in [-0.2, 0) is 6.54 Å². The van der Waals surface area contributed by atoms with Crippen molar-refractivity contribution in [1.82, 2.24) is 4.57 Å². The Labute approximate surface area is 153 Å². The Morgan fingerprint density at radius 1 is 1.37 bits per heavy atom. The normalized spacial score (nSPS) is 12.1. The van der Waals surface area contributed by atoms with Crippen molar-refractivity contribution in [3.8, 4) is 11.9 Å². The zero-order chi connectivity index (χ0) is 20.3. The topological polar surface area (TPSA) is 154 Å². The summed E-state index contributed by atoms with van der Waals surface area (Å²) in [7, 11) is 0. The van der Waals surface area contributed by atoms with Crippen molar-refractivity contribution in [2.75, 3.05) is 0 Å². The lowest BCUT2D eigenvalue weighted by molar-refractivity contribution is -0.384. The van der Waals surface area contributed by atoms with E-state index in [1.807, 2.05) is 0 Å². The van der Waals surface area contributed by atoms with Gasteiger partial charge in [-0.05, 0) is 26.3 Å². The number of aliphatic hydroxyl groups excluding tert-OH is 1. The number of nitriles is 1. The molecule has 1 atom stereocenters. The number of pyridine rings is 1. The molecule has 2 aromatic rings. The van der Waals surface area contributed by atoms with Crippen LogP contribution in [0, 0.1) is 35.3 Å². The minimum Gasteiger partial charge on any atom is -0.493 e. The summed E-state index contributed by atoms with van der Waals surface area (Å²) < 4.78 is 0.838. The van der Waals surface area contributed by atoms with Crippen molar-refractivity contribution >= 4 is 17.1 Å². The molecular weight excluding hydrogens is 354 g/mol. The zero-order valence-electron chi connectivity index (χ0n) is 14.9. The summed E-state index contributed by atoms with van der Waals surface area (Å²) in [6, 6.07) is 5.84. The molecule has 0 aliphatic heterocycles. The highest BCUT2D eigenvalue weighted by atomic mass is 16.6. The summed E-state index contributed by atoms with van der Waals surface area (Å²) in [5.41, 5.74) is -0.371. The molecule has 0 amide bonds. The van der Waals surface area contributed by atoms with Crippen molar-refractivity contribution < 1.29 is 15.1 Å². The third kappa shape index (κ3) is 3.99. The first-order valence-corrected chi connectivity index (χ1v) is 7.88. The lowest BCUT2D eigenvalue weighted by Crippen LogP contribution is -2.26. The predicted octanol–water partition coefficient (Wildman–Crippen LogP) is 2.75. The van der Waals surface area contributed by atoms with Crippen LogP contribution in [0.3, 0.4) is 0 Å². The van der Waals surface area contributed by atoms with E-state index in [1.54, 1.807) is 13.0 Å². The average molecular weight is 371 g/mol. The standard InChI is InChI=1S/C17H17N5O5/c1-9-4-5-12(22(26)27)6-14(9)19-20-15-11(3)13(7-18)16(24)21(17(15)25)8-10(2)23/h4-6,10,23-24H,8H2,1-3H3. The molecule has 0 saturated heterocycles. The van der Waals surface area contributed by atoms with E-state index in [4.69, 9.17) is 0 Å². The third-order valence-corrected chi connectivity index (χ3v) is 3.88. The molecule has 27 heavy (non-hydrogen) atoms. The molecule has 10 heteroatoms. The van der Waals surface area contributed by atoms with Crippen molar-refractivity contribution in [2.45, 2.75) is 33.4 Å². The second-order valence-electron chi connectivity index (χ2n) is 5.98. The lowest BCUT2D eigenvalue weighted by Gasteiger charge is -2.14. The van der Waals surface area contributed by atoms with Gasteiger partial charge in [-0.25, -0.2) is 0 Å². The molecule has 0 saturated carbocycles. The molecule has 1 aromatic carbocycles. The van der Waals surface area contributed by atoms with E-state index in [0.29, 0.717) is 5.56 Å². The van der Waals surface area contributed by atoms with Gasteiger partial charge < -0.3 is 10.2 Å². The molecule has 1 unspecified atom stereocenters. The van der Waals surface area contributed by atoms with E-state index in [-0.39, 0.29) is 34.7 Å². The zero-order valence-corrected chi connectivity index (χ0v) is 14.9. The number of benzene rings is 1. The Morgan fingerprint density at radius 2 is 2.04 bits per heavy atom. The first-order valence-electron chi connectivity index (χ1n) is 7.88. The van der Waals surface area contributed by atoms with Crippen LogP contribution < -0.4 is 5.56 Å². The van der Waals surface area contributed by atoms with Crippen LogP contribution in [0.4, 0.5) is 17.1 Å². The first-order chi connectivity index (χ1) is 12.7. The van der Waals surface area contributed by atoms with Crippen molar-refractivity contribution in [2.24, 2.45) is 10.2 Å². The van der Waals surface area contributed by atoms with Gasteiger partial charge in [0, 0.05) is 17.7 Å². The van der Waals surface area contributed by atoms with E-state index in [2.05, 4.69) is 10.2 Å². The molecule has 0 aliphatic rings. The maximum atomic E-state index is 12.6. The quantitative estimate of drug-likeness (QED) is 0.468. The summed E-state index contributed by atoms with van der Waals surface area (Å²) >= 11 is 0. The average Bonchev–Trinajstić information content (AvgIpc) is 2.60. The molecule has 0 spiro atoms. The van der Waals surface area contributed by atoms with E-state index >= 15 is 0 Å². The van der Waals surface area contributed by atoms with Crippen LogP contribution >= 0.6 is 0 Å². The Morgan fingerprint density at radius 3 is 2.59 bits per heavy atom. The highest BCUT2D eigenvalue weighted by Gasteiger charge is 2.20. The summed E-state index contributed by atoms with van der Waals surface area (Å²) in [6.45, 7) is 4.29. The Bertz CT molecular complexity index is 1030. The molecule has 0 bridgehead atoms. The molecule has 0 fully saturated rings. The lowest BCUT2D eigenvalue weighted by atomic mass is 10.1. The summed E-state index contributed by atoms with van der Waals surface area (Å²) in [6.07, 6.45) is -0.952. The summed E-state index contributed by atoms with van der Waals surface area (Å²) in [4.78, 5) is 22.9. The maximum absolute atomic E-state index is 12.6. The van der Waals surface area contributed by atoms with Gasteiger partial charge in [0.25, 0.3) is 11.2 Å². The number of nitrogens with zero attached hydrogens (tertiary/aromatic N) is 5. The van der Waals surface area contributed by atoms with E-state index in [0.717, 1.165) is 4.57 Å². The second kappa shape index (κ2) is 7.76. The fourth-order valence-corrected chi connectivity index (χ4v) is 2.41. The van der Waals surface area contributed by atoms with Crippen LogP contribution in [-0.4, -0.2) is 25.8 Å².